The first kappa shape index (κ1) is 15.4. The minimum absolute atomic E-state index is 0.406. The second kappa shape index (κ2) is 5.80. The van der Waals surface area contributed by atoms with Gasteiger partial charge in [-0.15, -0.1) is 15.6 Å². The van der Waals surface area contributed by atoms with Gasteiger partial charge in [0.25, 0.3) is 16.0 Å². The molecule has 0 unspecified atom stereocenters. The molecule has 1 heterocycles. The second-order valence-corrected chi connectivity index (χ2v) is 6.95. The van der Waals surface area contributed by atoms with Gasteiger partial charge in [-0.1, -0.05) is 12.1 Å². The maximum absolute atomic E-state index is 12.0. The summed E-state index contributed by atoms with van der Waals surface area (Å²) in [6.45, 7) is 1.95. The van der Waals surface area contributed by atoms with E-state index in [1.54, 1.807) is 6.07 Å². The van der Waals surface area contributed by atoms with Crippen molar-refractivity contribution < 1.29 is 17.5 Å². The van der Waals surface area contributed by atoms with Crippen molar-refractivity contribution in [2.75, 3.05) is 6.26 Å². The summed E-state index contributed by atoms with van der Waals surface area (Å²) in [4.78, 5) is 15.9. The number of thiophene rings is 1. The van der Waals surface area contributed by atoms with Gasteiger partial charge >= 0.3 is 0 Å². The lowest BCUT2D eigenvalue weighted by molar-refractivity contribution is 0.100. The van der Waals surface area contributed by atoms with E-state index >= 15 is 0 Å². The molecule has 0 fully saturated rings. The molecule has 2 rings (SSSR count). The quantitative estimate of drug-likeness (QED) is 0.497. The second-order valence-electron chi connectivity index (χ2n) is 4.29. The summed E-state index contributed by atoms with van der Waals surface area (Å²) in [5.74, 6) is -1.00. The van der Waals surface area contributed by atoms with Gasteiger partial charge in [-0.25, -0.2) is 5.48 Å². The summed E-state index contributed by atoms with van der Waals surface area (Å²) in [6.07, 6.45) is 0.837. The zero-order chi connectivity index (χ0) is 15.6. The zero-order valence-corrected chi connectivity index (χ0v) is 12.9. The van der Waals surface area contributed by atoms with E-state index in [1.807, 2.05) is 30.6 Å². The lowest BCUT2D eigenvalue weighted by Crippen LogP contribution is -2.34. The van der Waals surface area contributed by atoms with Gasteiger partial charge in [0.05, 0.1) is 11.1 Å². The van der Waals surface area contributed by atoms with Crippen LogP contribution in [0.15, 0.2) is 29.3 Å². The van der Waals surface area contributed by atoms with Crippen LogP contribution in [0.5, 0.6) is 0 Å². The Bertz CT molecular complexity index is 824. The summed E-state index contributed by atoms with van der Waals surface area (Å²) in [7, 11) is -3.73. The molecule has 0 aliphatic carbocycles. The standard InChI is InChI=1S/C12H13N3O4S2/c1-7-4-3-5-9-8(7)6-10(20-9)11(16)14-12(13)15-19-21(2,17)18/h3-6H,1-2H3,(H3,13,14,15,16). The summed E-state index contributed by atoms with van der Waals surface area (Å²) in [5, 5.41) is 0.972. The molecule has 1 amide bonds. The third kappa shape index (κ3) is 4.00. The minimum atomic E-state index is -3.73. The SMILES string of the molecule is Cc1cccc2sc(C(=O)N=C(N)NOS(C)(=O)=O)cc12. The molecule has 112 valence electrons. The number of nitrogens with two attached hydrogens (primary N) is 1. The highest BCUT2D eigenvalue weighted by atomic mass is 32.2. The molecule has 7 nitrogen and oxygen atoms in total. The first-order valence-electron chi connectivity index (χ1n) is 5.78. The lowest BCUT2D eigenvalue weighted by Gasteiger charge is -2.01. The van der Waals surface area contributed by atoms with Gasteiger partial charge in [0.15, 0.2) is 0 Å². The van der Waals surface area contributed by atoms with Crippen LogP contribution < -0.4 is 11.2 Å². The van der Waals surface area contributed by atoms with Gasteiger partial charge in [-0.3, -0.25) is 4.79 Å². The number of guanidine groups is 1. The number of carbonyl (C=O) groups excluding carboxylic acids is 1. The predicted molar refractivity (Wildman–Crippen MR) is 81.6 cm³/mol. The normalized spacial score (nSPS) is 12.6. The number of hydrogen-bond acceptors (Lipinski definition) is 5. The summed E-state index contributed by atoms with van der Waals surface area (Å²) in [6, 6.07) is 7.48. The van der Waals surface area contributed by atoms with Gasteiger partial charge in [-0.05, 0) is 30.0 Å². The van der Waals surface area contributed by atoms with Crippen molar-refractivity contribution in [1.82, 2.24) is 5.48 Å². The summed E-state index contributed by atoms with van der Waals surface area (Å²) in [5.41, 5.74) is 8.32. The molecule has 9 heteroatoms. The number of benzene rings is 1. The van der Waals surface area contributed by atoms with Crippen molar-refractivity contribution in [2.24, 2.45) is 10.7 Å². The average Bonchev–Trinajstić information content (AvgIpc) is 2.81. The molecule has 0 aliphatic heterocycles. The number of nitrogens with zero attached hydrogens (tertiary/aromatic N) is 1. The van der Waals surface area contributed by atoms with E-state index in [-0.39, 0.29) is 0 Å². The van der Waals surface area contributed by atoms with Crippen molar-refractivity contribution in [3.05, 3.63) is 34.7 Å². The van der Waals surface area contributed by atoms with E-state index in [9.17, 15) is 13.2 Å². The molecule has 0 atom stereocenters. The van der Waals surface area contributed by atoms with Crippen LogP contribution in [-0.4, -0.2) is 26.5 Å². The predicted octanol–water partition coefficient (Wildman–Crippen LogP) is 1.15. The van der Waals surface area contributed by atoms with E-state index in [4.69, 9.17) is 5.73 Å². The van der Waals surface area contributed by atoms with Crippen LogP contribution >= 0.6 is 11.3 Å². The maximum Gasteiger partial charge on any atom is 0.290 e. The van der Waals surface area contributed by atoms with Crippen molar-refractivity contribution in [1.29, 1.82) is 0 Å². The fraction of sp³-hybridized carbons (Fsp3) is 0.167. The number of rotatable bonds is 3. The summed E-state index contributed by atoms with van der Waals surface area (Å²) < 4.78 is 26.7. The number of hydrogen-bond donors (Lipinski definition) is 2. The molecule has 0 bridgehead atoms. The number of nitrogens with one attached hydrogen (secondary N) is 1. The molecular formula is C12H13N3O4S2. The fourth-order valence-electron chi connectivity index (χ4n) is 1.62. The average molecular weight is 327 g/mol. The Morgan fingerprint density at radius 3 is 2.76 bits per heavy atom. The van der Waals surface area contributed by atoms with Crippen molar-refractivity contribution in [2.45, 2.75) is 6.92 Å². The fourth-order valence-corrected chi connectivity index (χ4v) is 2.88. The van der Waals surface area contributed by atoms with Crippen LogP contribution in [0.3, 0.4) is 0 Å². The van der Waals surface area contributed by atoms with Crippen LogP contribution in [0.25, 0.3) is 10.1 Å². The Hall–Kier alpha value is -1.97. The minimum Gasteiger partial charge on any atom is -0.368 e. The zero-order valence-electron chi connectivity index (χ0n) is 11.3. The van der Waals surface area contributed by atoms with Crippen molar-refractivity contribution in [3.63, 3.8) is 0 Å². The Morgan fingerprint density at radius 2 is 2.14 bits per heavy atom. The lowest BCUT2D eigenvalue weighted by atomic mass is 10.1. The molecule has 0 radical (unpaired) electrons. The molecule has 21 heavy (non-hydrogen) atoms. The molecule has 0 spiro atoms. The van der Waals surface area contributed by atoms with E-state index in [1.165, 1.54) is 11.3 Å². The first-order chi connectivity index (χ1) is 9.76. The van der Waals surface area contributed by atoms with Crippen LogP contribution in [0.4, 0.5) is 0 Å². The number of hydroxylamine groups is 1. The van der Waals surface area contributed by atoms with E-state index in [0.29, 0.717) is 4.88 Å². The van der Waals surface area contributed by atoms with Gasteiger partial charge < -0.3 is 5.73 Å². The highest BCUT2D eigenvalue weighted by Crippen LogP contribution is 2.28. The Labute approximate surface area is 125 Å². The molecule has 1 aromatic carbocycles. The van der Waals surface area contributed by atoms with E-state index in [0.717, 1.165) is 21.9 Å². The highest BCUT2D eigenvalue weighted by Gasteiger charge is 2.12. The monoisotopic (exact) mass is 327 g/mol. The van der Waals surface area contributed by atoms with Crippen molar-refractivity contribution >= 4 is 43.4 Å². The molecule has 0 saturated heterocycles. The Balaban J connectivity index is 2.20. The Morgan fingerprint density at radius 1 is 1.43 bits per heavy atom. The van der Waals surface area contributed by atoms with Gasteiger partial charge in [0.2, 0.25) is 5.96 Å². The Kier molecular flexibility index (Phi) is 4.26. The maximum atomic E-state index is 12.0. The van der Waals surface area contributed by atoms with E-state index < -0.39 is 22.0 Å². The molecular weight excluding hydrogens is 314 g/mol. The number of aliphatic imine (C=N–C) groups is 1. The van der Waals surface area contributed by atoms with Crippen molar-refractivity contribution in [3.8, 4) is 0 Å². The van der Waals surface area contributed by atoms with E-state index in [2.05, 4.69) is 9.28 Å². The number of fused-ring (bicyclic) bond motifs is 1. The number of carbonyl (C=O) groups is 1. The first-order valence-corrected chi connectivity index (χ1v) is 8.41. The highest BCUT2D eigenvalue weighted by molar-refractivity contribution is 7.85. The topological polar surface area (TPSA) is 111 Å². The largest absolute Gasteiger partial charge is 0.368 e. The molecule has 0 aliphatic rings. The number of aryl methyl sites for hydroxylation is 1. The van der Waals surface area contributed by atoms with Crippen LogP contribution in [0.1, 0.15) is 15.2 Å². The molecule has 0 saturated carbocycles. The number of amides is 1. The third-order valence-electron chi connectivity index (χ3n) is 2.51. The van der Waals surface area contributed by atoms with Crippen LogP contribution in [-0.2, 0) is 14.4 Å². The van der Waals surface area contributed by atoms with Crippen LogP contribution in [0.2, 0.25) is 0 Å². The van der Waals surface area contributed by atoms with Crippen LogP contribution in [0, 0.1) is 6.92 Å². The van der Waals surface area contributed by atoms with Gasteiger partial charge in [0.1, 0.15) is 0 Å². The molecule has 2 aromatic rings. The summed E-state index contributed by atoms with van der Waals surface area (Å²) >= 11 is 1.29. The van der Waals surface area contributed by atoms with Gasteiger partial charge in [-0.2, -0.15) is 13.4 Å². The smallest absolute Gasteiger partial charge is 0.290 e. The van der Waals surface area contributed by atoms with Gasteiger partial charge in [0, 0.05) is 4.70 Å². The molecule has 3 N–H and O–H groups in total. The third-order valence-corrected chi connectivity index (χ3v) is 3.98. The molecule has 1 aromatic heterocycles.